The van der Waals surface area contributed by atoms with Crippen LogP contribution in [0.15, 0.2) is 4.99 Å². The molecule has 0 aromatic rings. The Morgan fingerprint density at radius 2 is 2.13 bits per heavy atom. The molecule has 0 aliphatic carbocycles. The Hall–Kier alpha value is -0.730. The van der Waals surface area contributed by atoms with Gasteiger partial charge in [0.15, 0.2) is 6.23 Å². The highest BCUT2D eigenvalue weighted by atomic mass is 16.7. The summed E-state index contributed by atoms with van der Waals surface area (Å²) < 4.78 is 5.27. The summed E-state index contributed by atoms with van der Waals surface area (Å²) in [5.41, 5.74) is 2.55. The summed E-state index contributed by atoms with van der Waals surface area (Å²) in [6, 6.07) is -0.614. The van der Waals surface area contributed by atoms with Crippen LogP contribution in [0, 0.1) is 0 Å². The average Bonchev–Trinajstić information content (AvgIpc) is 2.24. The summed E-state index contributed by atoms with van der Waals surface area (Å²) in [6.07, 6.45) is -3.70. The van der Waals surface area contributed by atoms with E-state index in [1.54, 1.807) is 6.92 Å². The number of hydroxylamine groups is 1. The van der Waals surface area contributed by atoms with Gasteiger partial charge in [0.2, 0.25) is 5.90 Å². The summed E-state index contributed by atoms with van der Waals surface area (Å²) >= 11 is 0. The minimum atomic E-state index is -1.15. The van der Waals surface area contributed by atoms with Crippen LogP contribution in [0.1, 0.15) is 6.92 Å². The highest BCUT2D eigenvalue weighted by Crippen LogP contribution is 2.24. The Morgan fingerprint density at radius 3 is 2.80 bits per heavy atom. The van der Waals surface area contributed by atoms with Crippen LogP contribution in [-0.4, -0.2) is 58.4 Å². The molecule has 0 spiro atoms. The van der Waals surface area contributed by atoms with Gasteiger partial charge in [-0.15, -0.1) is 5.48 Å². The molecule has 4 N–H and O–H groups in total. The number of aliphatic hydroxyl groups excluding tert-OH is 3. The Balaban J connectivity index is 2.17. The normalized spacial score (nSPS) is 45.3. The summed E-state index contributed by atoms with van der Waals surface area (Å²) in [5, 5.41) is 28.3. The maximum atomic E-state index is 9.75. The zero-order chi connectivity index (χ0) is 11.0. The van der Waals surface area contributed by atoms with Crippen LogP contribution in [0.4, 0.5) is 0 Å². The van der Waals surface area contributed by atoms with Gasteiger partial charge >= 0.3 is 0 Å². The first kappa shape index (κ1) is 10.8. The molecule has 1 saturated heterocycles. The molecule has 86 valence electrons. The van der Waals surface area contributed by atoms with E-state index in [-0.39, 0.29) is 6.61 Å². The second kappa shape index (κ2) is 4.03. The number of aliphatic imine (C=N–C) groups is 1. The number of hydrogen-bond donors (Lipinski definition) is 4. The number of fused-ring (bicyclic) bond motifs is 1. The van der Waals surface area contributed by atoms with Crippen LogP contribution in [0.2, 0.25) is 0 Å². The quantitative estimate of drug-likeness (QED) is 0.396. The molecule has 1 fully saturated rings. The van der Waals surface area contributed by atoms with E-state index >= 15 is 0 Å². The van der Waals surface area contributed by atoms with Gasteiger partial charge < -0.3 is 24.9 Å². The molecule has 0 saturated carbocycles. The zero-order valence-corrected chi connectivity index (χ0v) is 8.20. The zero-order valence-electron chi connectivity index (χ0n) is 8.20. The molecule has 0 unspecified atom stereocenters. The fourth-order valence-electron chi connectivity index (χ4n) is 1.72. The van der Waals surface area contributed by atoms with Crippen LogP contribution in [0.5, 0.6) is 0 Å². The monoisotopic (exact) mass is 218 g/mol. The average molecular weight is 218 g/mol. The third-order valence-corrected chi connectivity index (χ3v) is 2.55. The molecular formula is C8H14N2O5. The van der Waals surface area contributed by atoms with Crippen LogP contribution in [0.3, 0.4) is 0 Å². The minimum Gasteiger partial charge on any atom is -0.394 e. The third kappa shape index (κ3) is 1.84. The van der Waals surface area contributed by atoms with Gasteiger partial charge in [-0.3, -0.25) is 0 Å². The molecule has 2 heterocycles. The van der Waals surface area contributed by atoms with E-state index in [4.69, 9.17) is 14.7 Å². The lowest BCUT2D eigenvalue weighted by Crippen LogP contribution is -2.63. The number of hydrogen-bond acceptors (Lipinski definition) is 7. The highest BCUT2D eigenvalue weighted by Gasteiger charge is 2.46. The highest BCUT2D eigenvalue weighted by molar-refractivity contribution is 5.73. The van der Waals surface area contributed by atoms with Crippen molar-refractivity contribution < 1.29 is 24.9 Å². The number of nitrogens with zero attached hydrogens (tertiary/aromatic N) is 1. The molecule has 2 aliphatic rings. The topological polar surface area (TPSA) is 104 Å². The number of nitrogens with one attached hydrogen (secondary N) is 1. The summed E-state index contributed by atoms with van der Waals surface area (Å²) in [5.74, 6) is 0.369. The van der Waals surface area contributed by atoms with Crippen molar-refractivity contribution in [2.45, 2.75) is 37.5 Å². The number of rotatable bonds is 1. The molecule has 7 nitrogen and oxygen atoms in total. The fraction of sp³-hybridized carbons (Fsp3) is 0.875. The molecule has 0 amide bonds. The molecule has 2 aliphatic heterocycles. The van der Waals surface area contributed by atoms with Gasteiger partial charge in [0.1, 0.15) is 24.4 Å². The van der Waals surface area contributed by atoms with E-state index in [1.807, 2.05) is 0 Å². The second-order valence-electron chi connectivity index (χ2n) is 3.62. The van der Waals surface area contributed by atoms with Gasteiger partial charge in [0.25, 0.3) is 0 Å². The fourth-order valence-corrected chi connectivity index (χ4v) is 1.72. The first-order chi connectivity index (χ1) is 7.13. The lowest BCUT2D eigenvalue weighted by atomic mass is 9.96. The SMILES string of the molecule is CC1=N[C@@H]2[C@@H](O)[C@H](O)[C@@H](CO)O[C@H]2NO1. The van der Waals surface area contributed by atoms with Crippen molar-refractivity contribution in [3.05, 3.63) is 0 Å². The number of ether oxygens (including phenoxy) is 1. The molecule has 0 bridgehead atoms. The molecule has 0 aromatic heterocycles. The van der Waals surface area contributed by atoms with Crippen LogP contribution in [-0.2, 0) is 9.57 Å². The predicted octanol–water partition coefficient (Wildman–Crippen LogP) is -2.25. The Labute approximate surface area is 86.3 Å². The van der Waals surface area contributed by atoms with E-state index in [0.717, 1.165) is 0 Å². The van der Waals surface area contributed by atoms with Crippen molar-refractivity contribution in [1.82, 2.24) is 5.48 Å². The van der Waals surface area contributed by atoms with Crippen LogP contribution < -0.4 is 5.48 Å². The van der Waals surface area contributed by atoms with Gasteiger partial charge in [0, 0.05) is 6.92 Å². The lowest BCUT2D eigenvalue weighted by Gasteiger charge is -2.42. The first-order valence-electron chi connectivity index (χ1n) is 4.72. The minimum absolute atomic E-state index is 0.369. The standard InChI is InChI=1S/C8H14N2O5/c1-3-9-5-7(13)6(12)4(2-11)14-8(5)10-15-3/h4-8,10-13H,2H2,1H3/t4-,5-,6-,7-,8-/m1/s1. The van der Waals surface area contributed by atoms with E-state index in [1.165, 1.54) is 0 Å². The molecule has 0 radical (unpaired) electrons. The van der Waals surface area contributed by atoms with Crippen LogP contribution in [0.25, 0.3) is 0 Å². The van der Waals surface area contributed by atoms with E-state index in [2.05, 4.69) is 10.5 Å². The molecule has 0 aromatic carbocycles. The maximum absolute atomic E-state index is 9.75. The molecule has 7 heteroatoms. The van der Waals surface area contributed by atoms with Crippen molar-refractivity contribution >= 4 is 5.90 Å². The van der Waals surface area contributed by atoms with Crippen molar-refractivity contribution in [3.63, 3.8) is 0 Å². The van der Waals surface area contributed by atoms with Gasteiger partial charge in [-0.05, 0) is 0 Å². The predicted molar refractivity (Wildman–Crippen MR) is 48.9 cm³/mol. The Bertz CT molecular complexity index is 272. The molecule has 2 rings (SSSR count). The van der Waals surface area contributed by atoms with Crippen molar-refractivity contribution in [2.24, 2.45) is 4.99 Å². The van der Waals surface area contributed by atoms with Gasteiger partial charge in [-0.25, -0.2) is 4.99 Å². The first-order valence-corrected chi connectivity index (χ1v) is 4.72. The second-order valence-corrected chi connectivity index (χ2v) is 3.62. The van der Waals surface area contributed by atoms with Gasteiger partial charge in [-0.1, -0.05) is 0 Å². The van der Waals surface area contributed by atoms with Crippen molar-refractivity contribution in [1.29, 1.82) is 0 Å². The molecular weight excluding hydrogens is 204 g/mol. The van der Waals surface area contributed by atoms with E-state index in [9.17, 15) is 10.2 Å². The lowest BCUT2D eigenvalue weighted by molar-refractivity contribution is -0.220. The maximum Gasteiger partial charge on any atom is 0.206 e. The Morgan fingerprint density at radius 1 is 1.40 bits per heavy atom. The van der Waals surface area contributed by atoms with E-state index < -0.39 is 30.6 Å². The van der Waals surface area contributed by atoms with E-state index in [0.29, 0.717) is 5.90 Å². The Kier molecular flexibility index (Phi) is 2.89. The van der Waals surface area contributed by atoms with Crippen molar-refractivity contribution in [2.75, 3.05) is 6.61 Å². The van der Waals surface area contributed by atoms with Gasteiger partial charge in [0.05, 0.1) is 6.61 Å². The van der Waals surface area contributed by atoms with Crippen LogP contribution >= 0.6 is 0 Å². The largest absolute Gasteiger partial charge is 0.394 e. The smallest absolute Gasteiger partial charge is 0.206 e. The van der Waals surface area contributed by atoms with Crippen molar-refractivity contribution in [3.8, 4) is 0 Å². The molecule has 5 atom stereocenters. The third-order valence-electron chi connectivity index (χ3n) is 2.55. The summed E-state index contributed by atoms with van der Waals surface area (Å²) in [6.45, 7) is 1.26. The summed E-state index contributed by atoms with van der Waals surface area (Å²) in [7, 11) is 0. The number of aliphatic hydroxyl groups is 3. The summed E-state index contributed by atoms with van der Waals surface area (Å²) in [4.78, 5) is 8.94. The molecule has 15 heavy (non-hydrogen) atoms. The van der Waals surface area contributed by atoms with Gasteiger partial charge in [-0.2, -0.15) is 0 Å².